The van der Waals surface area contributed by atoms with Crippen LogP contribution in [-0.4, -0.2) is 20.9 Å². The Balaban J connectivity index is 2.71. The summed E-state index contributed by atoms with van der Waals surface area (Å²) in [6.45, 7) is 4.09. The average Bonchev–Trinajstić information content (AvgIpc) is 2.67. The predicted molar refractivity (Wildman–Crippen MR) is 61.7 cm³/mol. The number of benzene rings is 1. The van der Waals surface area contributed by atoms with E-state index in [-0.39, 0.29) is 11.7 Å². The number of hydrogen-bond acceptors (Lipinski definition) is 2. The van der Waals surface area contributed by atoms with Crippen LogP contribution in [0.1, 0.15) is 36.8 Å². The first-order valence-corrected chi connectivity index (χ1v) is 5.35. The molecule has 2 aromatic rings. The molecular formula is C12H14N2O2. The van der Waals surface area contributed by atoms with Crippen molar-refractivity contribution in [3.8, 4) is 0 Å². The van der Waals surface area contributed by atoms with Gasteiger partial charge in [-0.3, -0.25) is 4.68 Å². The number of fused-ring (bicyclic) bond motifs is 1. The molecule has 1 aromatic carbocycles. The molecule has 0 fully saturated rings. The summed E-state index contributed by atoms with van der Waals surface area (Å²) in [5, 5.41) is 14.0. The lowest BCUT2D eigenvalue weighted by molar-refractivity contribution is 0.0691. The third kappa shape index (κ3) is 1.56. The lowest BCUT2D eigenvalue weighted by Gasteiger charge is -2.09. The standard InChI is InChI=1S/C12H14N2O2/c1-3-8(2)14-10-7-5-4-6-9(10)11(13-14)12(15)16/h4-8H,3H2,1-2H3,(H,15,16). The van der Waals surface area contributed by atoms with E-state index in [4.69, 9.17) is 5.11 Å². The van der Waals surface area contributed by atoms with Gasteiger partial charge in [0.15, 0.2) is 5.69 Å². The lowest BCUT2D eigenvalue weighted by atomic mass is 10.2. The van der Waals surface area contributed by atoms with Gasteiger partial charge < -0.3 is 5.11 Å². The van der Waals surface area contributed by atoms with Crippen molar-refractivity contribution in [1.29, 1.82) is 0 Å². The third-order valence-electron chi connectivity index (χ3n) is 2.82. The molecule has 0 amide bonds. The van der Waals surface area contributed by atoms with Crippen LogP contribution in [0.2, 0.25) is 0 Å². The Hall–Kier alpha value is -1.84. The highest BCUT2D eigenvalue weighted by Crippen LogP contribution is 2.22. The molecule has 0 bridgehead atoms. The van der Waals surface area contributed by atoms with E-state index in [0.29, 0.717) is 5.39 Å². The number of nitrogens with zero attached hydrogens (tertiary/aromatic N) is 2. The Morgan fingerprint density at radius 2 is 2.19 bits per heavy atom. The highest BCUT2D eigenvalue weighted by molar-refractivity contribution is 6.01. The molecule has 1 aromatic heterocycles. The predicted octanol–water partition coefficient (Wildman–Crippen LogP) is 2.71. The molecule has 0 aliphatic carbocycles. The number of para-hydroxylation sites is 1. The van der Waals surface area contributed by atoms with Crippen LogP contribution >= 0.6 is 0 Å². The number of carboxylic acids is 1. The van der Waals surface area contributed by atoms with Crippen molar-refractivity contribution in [2.24, 2.45) is 0 Å². The summed E-state index contributed by atoms with van der Waals surface area (Å²) in [6.07, 6.45) is 0.921. The van der Waals surface area contributed by atoms with Crippen LogP contribution in [0.3, 0.4) is 0 Å². The second-order valence-electron chi connectivity index (χ2n) is 3.87. The Morgan fingerprint density at radius 3 is 2.81 bits per heavy atom. The van der Waals surface area contributed by atoms with Crippen molar-refractivity contribution in [2.75, 3.05) is 0 Å². The molecule has 1 atom stereocenters. The maximum Gasteiger partial charge on any atom is 0.357 e. The second kappa shape index (κ2) is 3.96. The van der Waals surface area contributed by atoms with Gasteiger partial charge in [-0.2, -0.15) is 5.10 Å². The monoisotopic (exact) mass is 218 g/mol. The summed E-state index contributed by atoms with van der Waals surface area (Å²) >= 11 is 0. The van der Waals surface area contributed by atoms with Gasteiger partial charge in [-0.05, 0) is 19.4 Å². The van der Waals surface area contributed by atoms with Crippen LogP contribution in [0.25, 0.3) is 10.9 Å². The molecule has 4 heteroatoms. The number of hydrogen-bond donors (Lipinski definition) is 1. The minimum Gasteiger partial charge on any atom is -0.476 e. The fourth-order valence-corrected chi connectivity index (χ4v) is 1.76. The Bertz CT molecular complexity index is 531. The summed E-state index contributed by atoms with van der Waals surface area (Å²) in [6, 6.07) is 7.63. The van der Waals surface area contributed by atoms with Gasteiger partial charge in [-0.15, -0.1) is 0 Å². The van der Waals surface area contributed by atoms with Gasteiger partial charge in [0.25, 0.3) is 0 Å². The Kier molecular flexibility index (Phi) is 2.64. The molecule has 0 radical (unpaired) electrons. The molecule has 0 spiro atoms. The number of carboxylic acid groups (broad SMARTS) is 1. The van der Waals surface area contributed by atoms with E-state index in [9.17, 15) is 4.79 Å². The molecule has 0 saturated carbocycles. The van der Waals surface area contributed by atoms with E-state index in [1.807, 2.05) is 25.1 Å². The van der Waals surface area contributed by atoms with Gasteiger partial charge in [-0.1, -0.05) is 25.1 Å². The van der Waals surface area contributed by atoms with Crippen molar-refractivity contribution in [3.05, 3.63) is 30.0 Å². The summed E-state index contributed by atoms with van der Waals surface area (Å²) in [7, 11) is 0. The summed E-state index contributed by atoms with van der Waals surface area (Å²) in [5.41, 5.74) is 1.02. The molecule has 4 nitrogen and oxygen atoms in total. The zero-order chi connectivity index (χ0) is 11.7. The van der Waals surface area contributed by atoms with Crippen LogP contribution in [0, 0.1) is 0 Å². The summed E-state index contributed by atoms with van der Waals surface area (Å²) < 4.78 is 1.79. The van der Waals surface area contributed by atoms with E-state index in [1.54, 1.807) is 10.7 Å². The highest BCUT2D eigenvalue weighted by Gasteiger charge is 2.17. The number of rotatable bonds is 3. The molecule has 1 unspecified atom stereocenters. The number of aromatic nitrogens is 2. The van der Waals surface area contributed by atoms with Crippen LogP contribution < -0.4 is 0 Å². The Morgan fingerprint density at radius 1 is 1.50 bits per heavy atom. The lowest BCUT2D eigenvalue weighted by Crippen LogP contribution is -2.07. The molecule has 0 aliphatic heterocycles. The van der Waals surface area contributed by atoms with Crippen LogP contribution in [0.4, 0.5) is 0 Å². The van der Waals surface area contributed by atoms with Gasteiger partial charge in [0.1, 0.15) is 0 Å². The average molecular weight is 218 g/mol. The molecule has 0 saturated heterocycles. The summed E-state index contributed by atoms with van der Waals surface area (Å²) in [5.74, 6) is -0.974. The van der Waals surface area contributed by atoms with E-state index in [0.717, 1.165) is 11.9 Å². The second-order valence-corrected chi connectivity index (χ2v) is 3.87. The highest BCUT2D eigenvalue weighted by atomic mass is 16.4. The van der Waals surface area contributed by atoms with Crippen molar-refractivity contribution < 1.29 is 9.90 Å². The third-order valence-corrected chi connectivity index (χ3v) is 2.82. The maximum atomic E-state index is 11.1. The van der Waals surface area contributed by atoms with Crippen LogP contribution in [0.5, 0.6) is 0 Å². The minimum absolute atomic E-state index is 0.135. The fraction of sp³-hybridized carbons (Fsp3) is 0.333. The fourth-order valence-electron chi connectivity index (χ4n) is 1.76. The van der Waals surface area contributed by atoms with Gasteiger partial charge in [0.05, 0.1) is 5.52 Å². The minimum atomic E-state index is -0.974. The van der Waals surface area contributed by atoms with E-state index >= 15 is 0 Å². The molecule has 1 N–H and O–H groups in total. The Labute approximate surface area is 93.5 Å². The van der Waals surface area contributed by atoms with Crippen LogP contribution in [0.15, 0.2) is 24.3 Å². The zero-order valence-corrected chi connectivity index (χ0v) is 9.34. The van der Waals surface area contributed by atoms with E-state index in [2.05, 4.69) is 12.0 Å². The smallest absolute Gasteiger partial charge is 0.357 e. The topological polar surface area (TPSA) is 55.1 Å². The van der Waals surface area contributed by atoms with Crippen LogP contribution in [-0.2, 0) is 0 Å². The van der Waals surface area contributed by atoms with Gasteiger partial charge in [0, 0.05) is 11.4 Å². The largest absolute Gasteiger partial charge is 0.476 e. The number of carbonyl (C=O) groups is 1. The molecule has 1 heterocycles. The number of aromatic carboxylic acids is 1. The molecule has 16 heavy (non-hydrogen) atoms. The molecular weight excluding hydrogens is 204 g/mol. The van der Waals surface area contributed by atoms with Crippen molar-refractivity contribution in [2.45, 2.75) is 26.3 Å². The molecule has 0 aliphatic rings. The molecule has 84 valence electrons. The van der Waals surface area contributed by atoms with Crippen molar-refractivity contribution in [1.82, 2.24) is 9.78 Å². The zero-order valence-electron chi connectivity index (χ0n) is 9.34. The summed E-state index contributed by atoms with van der Waals surface area (Å²) in [4.78, 5) is 11.1. The first kappa shape index (κ1) is 10.7. The van der Waals surface area contributed by atoms with E-state index < -0.39 is 5.97 Å². The molecule has 2 rings (SSSR count). The van der Waals surface area contributed by atoms with Crippen molar-refractivity contribution in [3.63, 3.8) is 0 Å². The first-order chi connectivity index (χ1) is 7.65. The quantitative estimate of drug-likeness (QED) is 0.861. The van der Waals surface area contributed by atoms with Crippen molar-refractivity contribution >= 4 is 16.9 Å². The maximum absolute atomic E-state index is 11.1. The SMILES string of the molecule is CCC(C)n1nc(C(=O)O)c2ccccc21. The van der Waals surface area contributed by atoms with Gasteiger partial charge in [0.2, 0.25) is 0 Å². The van der Waals surface area contributed by atoms with Gasteiger partial charge >= 0.3 is 5.97 Å². The van der Waals surface area contributed by atoms with Gasteiger partial charge in [-0.25, -0.2) is 4.79 Å². The first-order valence-electron chi connectivity index (χ1n) is 5.35. The normalized spacial score (nSPS) is 12.9. The van der Waals surface area contributed by atoms with E-state index in [1.165, 1.54) is 0 Å².